The van der Waals surface area contributed by atoms with Crippen molar-refractivity contribution in [3.8, 4) is 23.0 Å². The summed E-state index contributed by atoms with van der Waals surface area (Å²) >= 11 is 0. The normalized spacial score (nSPS) is 12.2. The van der Waals surface area contributed by atoms with Crippen LogP contribution in [0.15, 0.2) is 42.5 Å². The van der Waals surface area contributed by atoms with Gasteiger partial charge in [-0.1, -0.05) is 12.1 Å². The molecule has 4 rings (SSSR count). The highest BCUT2D eigenvalue weighted by Crippen LogP contribution is 2.34. The fraction of sp³-hybridized carbons (Fsp3) is 0.150. The number of aromatic nitrogens is 4. The number of anilines is 1. The molecule has 30 heavy (non-hydrogen) atoms. The van der Waals surface area contributed by atoms with Gasteiger partial charge in [-0.2, -0.15) is 15.1 Å². The molecule has 0 saturated carbocycles. The minimum Gasteiger partial charge on any atom is -0.421 e. The van der Waals surface area contributed by atoms with Crippen LogP contribution in [0, 0.1) is 17.5 Å². The van der Waals surface area contributed by atoms with Crippen LogP contribution in [0.5, 0.6) is 11.8 Å². The lowest BCUT2D eigenvalue weighted by Crippen LogP contribution is -2.16. The van der Waals surface area contributed by atoms with Gasteiger partial charge in [-0.25, -0.2) is 13.2 Å². The molecule has 0 spiro atoms. The summed E-state index contributed by atoms with van der Waals surface area (Å²) in [6.07, 6.45) is -0.710. The summed E-state index contributed by atoms with van der Waals surface area (Å²) in [6, 6.07) is 8.65. The lowest BCUT2D eigenvalue weighted by atomic mass is 10.1. The number of halogens is 3. The van der Waals surface area contributed by atoms with Crippen molar-refractivity contribution in [2.45, 2.75) is 13.0 Å². The Morgan fingerprint density at radius 1 is 1.10 bits per heavy atom. The highest BCUT2D eigenvalue weighted by atomic mass is 19.1. The van der Waals surface area contributed by atoms with E-state index in [9.17, 15) is 18.3 Å². The van der Waals surface area contributed by atoms with Gasteiger partial charge in [-0.3, -0.25) is 5.10 Å². The Hall–Kier alpha value is -3.66. The van der Waals surface area contributed by atoms with Crippen LogP contribution < -0.4 is 10.1 Å². The summed E-state index contributed by atoms with van der Waals surface area (Å²) in [5.41, 5.74) is 0.690. The van der Waals surface area contributed by atoms with Crippen molar-refractivity contribution < 1.29 is 23.0 Å². The average Bonchev–Trinajstić information content (AvgIpc) is 3.12. The van der Waals surface area contributed by atoms with Gasteiger partial charge in [0.05, 0.1) is 11.5 Å². The van der Waals surface area contributed by atoms with E-state index < -0.39 is 23.6 Å². The lowest BCUT2D eigenvalue weighted by molar-refractivity contribution is 0.208. The van der Waals surface area contributed by atoms with E-state index in [2.05, 4.69) is 25.5 Å². The first-order valence-electron chi connectivity index (χ1n) is 8.98. The molecule has 2 heterocycles. The second kappa shape index (κ2) is 7.99. The van der Waals surface area contributed by atoms with Crippen molar-refractivity contribution in [2.75, 3.05) is 11.9 Å². The van der Waals surface area contributed by atoms with E-state index in [-0.39, 0.29) is 41.0 Å². The number of rotatable bonds is 6. The third-order valence-electron chi connectivity index (χ3n) is 4.19. The Morgan fingerprint density at radius 2 is 1.90 bits per heavy atom. The number of ether oxygens (including phenoxy) is 1. The second-order valence-electron chi connectivity index (χ2n) is 6.54. The van der Waals surface area contributed by atoms with E-state index >= 15 is 0 Å². The molecule has 10 heteroatoms. The number of benzene rings is 2. The van der Waals surface area contributed by atoms with Gasteiger partial charge in [0.25, 0.3) is 0 Å². The van der Waals surface area contributed by atoms with Crippen molar-refractivity contribution in [2.24, 2.45) is 0 Å². The third kappa shape index (κ3) is 3.90. The van der Waals surface area contributed by atoms with Gasteiger partial charge in [-0.05, 0) is 31.2 Å². The van der Waals surface area contributed by atoms with Crippen molar-refractivity contribution in [1.82, 2.24) is 20.2 Å². The van der Waals surface area contributed by atoms with E-state index in [0.29, 0.717) is 11.5 Å². The molecule has 3 N–H and O–H groups in total. The first-order chi connectivity index (χ1) is 14.4. The first-order valence-corrected chi connectivity index (χ1v) is 8.98. The number of fused-ring (bicyclic) bond motifs is 1. The highest BCUT2D eigenvalue weighted by Gasteiger charge is 2.20. The molecule has 1 atom stereocenters. The molecule has 2 aromatic heterocycles. The summed E-state index contributed by atoms with van der Waals surface area (Å²) in [7, 11) is 0. The van der Waals surface area contributed by atoms with Gasteiger partial charge >= 0.3 is 6.01 Å². The Labute approximate surface area is 168 Å². The fourth-order valence-corrected chi connectivity index (χ4v) is 2.83. The van der Waals surface area contributed by atoms with Crippen LogP contribution in [-0.2, 0) is 0 Å². The summed E-state index contributed by atoms with van der Waals surface area (Å²) in [5, 5.41) is 19.8. The molecule has 0 aliphatic heterocycles. The van der Waals surface area contributed by atoms with Crippen molar-refractivity contribution in [3.05, 3.63) is 59.9 Å². The molecular formula is C20H16F3N5O2. The number of aliphatic hydroxyl groups excluding tert-OH is 1. The molecule has 0 bridgehead atoms. The van der Waals surface area contributed by atoms with Crippen LogP contribution in [0.2, 0.25) is 0 Å². The summed E-state index contributed by atoms with van der Waals surface area (Å²) in [4.78, 5) is 8.38. The van der Waals surface area contributed by atoms with E-state index in [1.54, 1.807) is 25.1 Å². The van der Waals surface area contributed by atoms with Crippen LogP contribution in [0.25, 0.3) is 22.3 Å². The zero-order valence-corrected chi connectivity index (χ0v) is 15.7. The predicted octanol–water partition coefficient (Wildman–Crippen LogP) is 4.02. The van der Waals surface area contributed by atoms with Crippen LogP contribution in [0.1, 0.15) is 6.92 Å². The highest BCUT2D eigenvalue weighted by molar-refractivity contribution is 5.99. The Bertz CT molecular complexity index is 1210. The van der Waals surface area contributed by atoms with Crippen molar-refractivity contribution >= 4 is 16.9 Å². The Kier molecular flexibility index (Phi) is 5.23. The summed E-state index contributed by atoms with van der Waals surface area (Å²) < 4.78 is 46.8. The predicted molar refractivity (Wildman–Crippen MR) is 104 cm³/mol. The van der Waals surface area contributed by atoms with Crippen LogP contribution >= 0.6 is 0 Å². The molecule has 0 saturated heterocycles. The Balaban J connectivity index is 1.82. The lowest BCUT2D eigenvalue weighted by Gasteiger charge is -2.12. The standard InChI is InChI=1S/C20H16F3N5O2/c1-10(29)9-24-18-16-17(12-4-2-3-5-13(12)22)27-28-19(16)26-20(25-18)30-15-7-6-11(21)8-14(15)23/h2-8,10,29H,9H2,1H3,(H2,24,25,26,27,28)/t10-/m0/s1. The van der Waals surface area contributed by atoms with Gasteiger partial charge in [0.1, 0.15) is 23.1 Å². The van der Waals surface area contributed by atoms with E-state index in [1.807, 2.05) is 0 Å². The van der Waals surface area contributed by atoms with Gasteiger partial charge in [0.15, 0.2) is 17.2 Å². The quantitative estimate of drug-likeness (QED) is 0.440. The largest absolute Gasteiger partial charge is 0.421 e. The first kappa shape index (κ1) is 19.6. The molecule has 7 nitrogen and oxygen atoms in total. The topological polar surface area (TPSA) is 96.0 Å². The zero-order valence-electron chi connectivity index (χ0n) is 15.7. The molecule has 0 fully saturated rings. The minimum atomic E-state index is -0.922. The second-order valence-corrected chi connectivity index (χ2v) is 6.54. The minimum absolute atomic E-state index is 0.123. The monoisotopic (exact) mass is 415 g/mol. The van der Waals surface area contributed by atoms with E-state index in [4.69, 9.17) is 4.74 Å². The number of hydrogen-bond acceptors (Lipinski definition) is 6. The van der Waals surface area contributed by atoms with Gasteiger partial charge in [-0.15, -0.1) is 0 Å². The fourth-order valence-electron chi connectivity index (χ4n) is 2.83. The molecule has 4 aromatic rings. The number of H-pyrrole nitrogens is 1. The van der Waals surface area contributed by atoms with E-state index in [0.717, 1.165) is 12.1 Å². The van der Waals surface area contributed by atoms with Gasteiger partial charge < -0.3 is 15.2 Å². The number of hydrogen-bond donors (Lipinski definition) is 3. The van der Waals surface area contributed by atoms with Crippen molar-refractivity contribution in [3.63, 3.8) is 0 Å². The van der Waals surface area contributed by atoms with Gasteiger partial charge in [0.2, 0.25) is 0 Å². The summed E-state index contributed by atoms with van der Waals surface area (Å²) in [6.45, 7) is 1.70. The zero-order chi connectivity index (χ0) is 21.3. The third-order valence-corrected chi connectivity index (χ3v) is 4.19. The molecule has 0 radical (unpaired) electrons. The summed E-state index contributed by atoms with van der Waals surface area (Å²) in [5.74, 6) is -2.23. The molecular weight excluding hydrogens is 399 g/mol. The SMILES string of the molecule is C[C@H](O)CNc1nc(Oc2ccc(F)cc2F)nc2[nH]nc(-c3ccccc3F)c12. The van der Waals surface area contributed by atoms with Crippen LogP contribution in [0.3, 0.4) is 0 Å². The molecule has 0 unspecified atom stereocenters. The average molecular weight is 415 g/mol. The molecule has 0 aliphatic carbocycles. The van der Waals surface area contributed by atoms with Crippen molar-refractivity contribution in [1.29, 1.82) is 0 Å². The maximum atomic E-state index is 14.3. The Morgan fingerprint density at radius 3 is 2.63 bits per heavy atom. The maximum absolute atomic E-state index is 14.3. The van der Waals surface area contributed by atoms with E-state index in [1.165, 1.54) is 6.07 Å². The van der Waals surface area contributed by atoms with Crippen LogP contribution in [0.4, 0.5) is 19.0 Å². The van der Waals surface area contributed by atoms with Gasteiger partial charge in [0, 0.05) is 18.2 Å². The number of nitrogens with one attached hydrogen (secondary N) is 2. The molecule has 2 aromatic carbocycles. The molecule has 154 valence electrons. The molecule has 0 amide bonds. The molecule has 0 aliphatic rings. The number of nitrogens with zero attached hydrogens (tertiary/aromatic N) is 3. The smallest absolute Gasteiger partial charge is 0.326 e. The number of aliphatic hydroxyl groups is 1. The van der Waals surface area contributed by atoms with Crippen LogP contribution in [-0.4, -0.2) is 37.9 Å². The number of aromatic amines is 1. The maximum Gasteiger partial charge on any atom is 0.326 e.